The summed E-state index contributed by atoms with van der Waals surface area (Å²) in [6, 6.07) is 14.1. The molecule has 0 atom stereocenters. The summed E-state index contributed by atoms with van der Waals surface area (Å²) in [7, 11) is 0. The molecule has 0 spiro atoms. The number of anilines is 1. The summed E-state index contributed by atoms with van der Waals surface area (Å²) < 4.78 is 39.4. The van der Waals surface area contributed by atoms with Gasteiger partial charge in [0, 0.05) is 41.8 Å². The van der Waals surface area contributed by atoms with E-state index in [9.17, 15) is 18.0 Å². The predicted molar refractivity (Wildman–Crippen MR) is 135 cm³/mol. The maximum atomic E-state index is 13.1. The van der Waals surface area contributed by atoms with Crippen molar-refractivity contribution in [2.24, 2.45) is 0 Å². The molecule has 5 rings (SSSR count). The Bertz CT molecular complexity index is 1610. The first-order valence-electron chi connectivity index (χ1n) is 11.5. The van der Waals surface area contributed by atoms with Gasteiger partial charge in [-0.15, -0.1) is 0 Å². The third kappa shape index (κ3) is 5.06. The van der Waals surface area contributed by atoms with Crippen LogP contribution >= 0.6 is 0 Å². The van der Waals surface area contributed by atoms with Crippen molar-refractivity contribution in [2.75, 3.05) is 5.32 Å². The van der Waals surface area contributed by atoms with Crippen molar-refractivity contribution in [2.45, 2.75) is 26.4 Å². The lowest BCUT2D eigenvalue weighted by atomic mass is 10.0. The van der Waals surface area contributed by atoms with Crippen LogP contribution in [0.15, 0.2) is 73.2 Å². The van der Waals surface area contributed by atoms with Crippen molar-refractivity contribution >= 4 is 22.6 Å². The molecule has 9 heteroatoms. The standard InChI is InChI=1S/C28H22F3N5O/c1-16-5-7-18(27(37)35-23-14-21(28(29,30)31)8-6-17(23)2)12-20(16)13-24-34-22-9-11-33-26(22)25(36-24)19-4-3-10-32-15-19/h3-12,14-15,33H,13H2,1-2H3,(H,35,37). The normalized spacial score (nSPS) is 11.6. The highest BCUT2D eigenvalue weighted by atomic mass is 19.4. The highest BCUT2D eigenvalue weighted by Crippen LogP contribution is 2.32. The molecule has 0 saturated heterocycles. The lowest BCUT2D eigenvalue weighted by Gasteiger charge is -2.14. The molecule has 0 aliphatic carbocycles. The number of carbonyl (C=O) groups is 1. The Morgan fingerprint density at radius 3 is 2.57 bits per heavy atom. The van der Waals surface area contributed by atoms with Gasteiger partial charge in [-0.1, -0.05) is 12.1 Å². The molecule has 0 aliphatic heterocycles. The Labute approximate surface area is 210 Å². The lowest BCUT2D eigenvalue weighted by molar-refractivity contribution is -0.137. The summed E-state index contributed by atoms with van der Waals surface area (Å²) in [6.07, 6.45) is 1.09. The smallest absolute Gasteiger partial charge is 0.358 e. The summed E-state index contributed by atoms with van der Waals surface area (Å²) in [4.78, 5) is 29.8. The van der Waals surface area contributed by atoms with Crippen LogP contribution in [-0.4, -0.2) is 25.8 Å². The number of alkyl halides is 3. The number of nitrogens with zero attached hydrogens (tertiary/aromatic N) is 3. The van der Waals surface area contributed by atoms with E-state index in [1.807, 2.05) is 25.1 Å². The molecule has 2 aromatic carbocycles. The quantitative estimate of drug-likeness (QED) is 0.288. The van der Waals surface area contributed by atoms with E-state index in [0.29, 0.717) is 23.4 Å². The van der Waals surface area contributed by atoms with Gasteiger partial charge in [-0.2, -0.15) is 13.2 Å². The Balaban J connectivity index is 1.45. The zero-order valence-corrected chi connectivity index (χ0v) is 20.0. The van der Waals surface area contributed by atoms with Crippen molar-refractivity contribution < 1.29 is 18.0 Å². The van der Waals surface area contributed by atoms with Crippen LogP contribution in [0.5, 0.6) is 0 Å². The molecule has 3 heterocycles. The summed E-state index contributed by atoms with van der Waals surface area (Å²) >= 11 is 0. The fourth-order valence-corrected chi connectivity index (χ4v) is 4.08. The number of aromatic nitrogens is 4. The lowest BCUT2D eigenvalue weighted by Crippen LogP contribution is -2.15. The molecule has 0 saturated carbocycles. The molecular formula is C28H22F3N5O. The molecule has 0 aliphatic rings. The van der Waals surface area contributed by atoms with Crippen molar-refractivity contribution in [3.63, 3.8) is 0 Å². The minimum atomic E-state index is -4.50. The molecule has 37 heavy (non-hydrogen) atoms. The first-order valence-corrected chi connectivity index (χ1v) is 11.5. The van der Waals surface area contributed by atoms with Gasteiger partial charge in [0.25, 0.3) is 5.91 Å². The number of aryl methyl sites for hydroxylation is 2. The van der Waals surface area contributed by atoms with Crippen molar-refractivity contribution in [1.82, 2.24) is 19.9 Å². The number of amides is 1. The molecule has 2 N–H and O–H groups in total. The number of fused-ring (bicyclic) bond motifs is 1. The Morgan fingerprint density at radius 1 is 1.00 bits per heavy atom. The number of pyridine rings is 1. The number of halogens is 3. The molecule has 0 unspecified atom stereocenters. The Morgan fingerprint density at radius 2 is 1.81 bits per heavy atom. The number of rotatable bonds is 5. The molecule has 0 bridgehead atoms. The van der Waals surface area contributed by atoms with Crippen LogP contribution in [-0.2, 0) is 12.6 Å². The van der Waals surface area contributed by atoms with Gasteiger partial charge in [-0.05, 0) is 73.0 Å². The third-order valence-corrected chi connectivity index (χ3v) is 6.16. The van der Waals surface area contributed by atoms with Crippen LogP contribution in [0.3, 0.4) is 0 Å². The summed E-state index contributed by atoms with van der Waals surface area (Å²) in [5.74, 6) is 0.0714. The average molecular weight is 502 g/mol. The molecule has 0 radical (unpaired) electrons. The van der Waals surface area contributed by atoms with Gasteiger partial charge < -0.3 is 10.3 Å². The van der Waals surface area contributed by atoms with Crippen molar-refractivity contribution in [3.05, 3.63) is 107 Å². The largest absolute Gasteiger partial charge is 0.416 e. The highest BCUT2D eigenvalue weighted by Gasteiger charge is 2.31. The third-order valence-electron chi connectivity index (χ3n) is 6.16. The molecule has 5 aromatic rings. The number of aromatic amines is 1. The van der Waals surface area contributed by atoms with E-state index in [1.165, 1.54) is 6.07 Å². The maximum absolute atomic E-state index is 13.1. The minimum Gasteiger partial charge on any atom is -0.358 e. The highest BCUT2D eigenvalue weighted by molar-refractivity contribution is 6.04. The van der Waals surface area contributed by atoms with Crippen LogP contribution in [0.2, 0.25) is 0 Å². The van der Waals surface area contributed by atoms with Crippen LogP contribution < -0.4 is 5.32 Å². The Kier molecular flexibility index (Phi) is 6.20. The van der Waals surface area contributed by atoms with E-state index >= 15 is 0 Å². The van der Waals surface area contributed by atoms with Crippen LogP contribution in [0.4, 0.5) is 18.9 Å². The molecule has 6 nitrogen and oxygen atoms in total. The van der Waals surface area contributed by atoms with E-state index in [0.717, 1.165) is 45.6 Å². The average Bonchev–Trinajstić information content (AvgIpc) is 3.35. The number of benzene rings is 2. The minimum absolute atomic E-state index is 0.115. The number of hydrogen-bond donors (Lipinski definition) is 2. The molecule has 1 amide bonds. The van der Waals surface area contributed by atoms with Crippen molar-refractivity contribution in [3.8, 4) is 11.3 Å². The maximum Gasteiger partial charge on any atom is 0.416 e. The first-order chi connectivity index (χ1) is 17.7. The first kappa shape index (κ1) is 24.2. The van der Waals surface area contributed by atoms with Crippen molar-refractivity contribution in [1.29, 1.82) is 0 Å². The summed E-state index contributed by atoms with van der Waals surface area (Å²) in [5, 5.41) is 2.62. The van der Waals surface area contributed by atoms with Crippen LogP contribution in [0.25, 0.3) is 22.3 Å². The second-order valence-electron chi connectivity index (χ2n) is 8.77. The van der Waals surface area contributed by atoms with Gasteiger partial charge in [0.15, 0.2) is 0 Å². The fourth-order valence-electron chi connectivity index (χ4n) is 4.08. The number of hydrogen-bond acceptors (Lipinski definition) is 4. The number of H-pyrrole nitrogens is 1. The van der Waals surface area contributed by atoms with E-state index in [2.05, 4.69) is 20.3 Å². The number of nitrogens with one attached hydrogen (secondary N) is 2. The second kappa shape index (κ2) is 9.50. The van der Waals surface area contributed by atoms with Gasteiger partial charge in [0.1, 0.15) is 5.82 Å². The monoisotopic (exact) mass is 501 g/mol. The molecule has 3 aromatic heterocycles. The predicted octanol–water partition coefficient (Wildman–Crippen LogP) is 6.50. The second-order valence-corrected chi connectivity index (χ2v) is 8.77. The van der Waals surface area contributed by atoms with Crippen LogP contribution in [0, 0.1) is 13.8 Å². The molecule has 0 fully saturated rings. The topological polar surface area (TPSA) is 83.6 Å². The molecular weight excluding hydrogens is 479 g/mol. The SMILES string of the molecule is Cc1ccc(C(=O)Nc2cc(C(F)(F)F)ccc2C)cc1Cc1nc(-c2cccnc2)c2[nH]ccc2n1. The fraction of sp³-hybridized carbons (Fsp3) is 0.143. The summed E-state index contributed by atoms with van der Waals surface area (Å²) in [5.41, 5.74) is 5.06. The van der Waals surface area contributed by atoms with Gasteiger partial charge in [0.05, 0.1) is 22.3 Å². The Hall–Kier alpha value is -4.53. The van der Waals surface area contributed by atoms with Gasteiger partial charge >= 0.3 is 6.18 Å². The van der Waals surface area contributed by atoms with Crippen LogP contribution in [0.1, 0.15) is 38.4 Å². The van der Waals surface area contributed by atoms with E-state index in [-0.39, 0.29) is 5.69 Å². The molecule has 186 valence electrons. The summed E-state index contributed by atoms with van der Waals surface area (Å²) in [6.45, 7) is 3.56. The van der Waals surface area contributed by atoms with E-state index in [1.54, 1.807) is 43.7 Å². The van der Waals surface area contributed by atoms with Gasteiger partial charge in [0.2, 0.25) is 0 Å². The zero-order chi connectivity index (χ0) is 26.2. The van der Waals surface area contributed by atoms with E-state index in [4.69, 9.17) is 4.98 Å². The zero-order valence-electron chi connectivity index (χ0n) is 20.0. The number of carbonyl (C=O) groups excluding carboxylic acids is 1. The van der Waals surface area contributed by atoms with Gasteiger partial charge in [-0.25, -0.2) is 9.97 Å². The van der Waals surface area contributed by atoms with E-state index < -0.39 is 17.6 Å². The van der Waals surface area contributed by atoms with Gasteiger partial charge in [-0.3, -0.25) is 9.78 Å².